The second kappa shape index (κ2) is 16.4. The maximum absolute atomic E-state index is 15.5. The van der Waals surface area contributed by atoms with E-state index in [0.29, 0.717) is 30.8 Å². The summed E-state index contributed by atoms with van der Waals surface area (Å²) in [6.07, 6.45) is 4.11. The number of hydroxylamine groups is 2. The van der Waals surface area contributed by atoms with Crippen LogP contribution in [0.2, 0.25) is 0 Å². The molecule has 2 aliphatic rings. The number of amides is 1. The number of nitrogens with one attached hydrogen (secondary N) is 1. The SMILES string of the molecule is O=C(c1ccc(C(=O)[N+]2([O-])c3ccc(P(c4ccccc4)c4ccccc4)cc3C3CNCCC32)cc1)n1c2ccncc2c2cc(P(c3ccccc3)c3ccccc3)ccc21. The first-order valence-corrected chi connectivity index (χ1v) is 24.0. The Bertz CT molecular complexity index is 3070. The zero-order valence-corrected chi connectivity index (χ0v) is 36.1. The molecule has 4 heterocycles. The van der Waals surface area contributed by atoms with Crippen molar-refractivity contribution in [1.82, 2.24) is 19.5 Å². The molecule has 0 spiro atoms. The predicted octanol–water partition coefficient (Wildman–Crippen LogP) is 8.50. The van der Waals surface area contributed by atoms with Crippen LogP contribution in [0.3, 0.4) is 0 Å². The van der Waals surface area contributed by atoms with Crippen LogP contribution in [0.25, 0.3) is 21.8 Å². The summed E-state index contributed by atoms with van der Waals surface area (Å²) in [4.78, 5) is 33.8. The molecule has 1 amide bonds. The van der Waals surface area contributed by atoms with Crippen molar-refractivity contribution in [2.24, 2.45) is 0 Å². The Morgan fingerprint density at radius 1 is 0.587 bits per heavy atom. The summed E-state index contributed by atoms with van der Waals surface area (Å²) < 4.78 is 0.704. The van der Waals surface area contributed by atoms with Gasteiger partial charge < -0.3 is 10.5 Å². The molecule has 1 saturated heterocycles. The molecule has 0 saturated carbocycles. The highest BCUT2D eigenvalue weighted by atomic mass is 31.1. The minimum atomic E-state index is -1.04. The van der Waals surface area contributed by atoms with E-state index in [-0.39, 0.29) is 17.4 Å². The molecule has 1 N–H and O–H groups in total. The number of pyridine rings is 1. The maximum atomic E-state index is 15.5. The average molecular weight is 857 g/mol. The average Bonchev–Trinajstić information content (AvgIpc) is 3.82. The van der Waals surface area contributed by atoms with Crippen LogP contribution >= 0.6 is 15.8 Å². The van der Waals surface area contributed by atoms with Gasteiger partial charge in [-0.3, -0.25) is 19.0 Å². The quantitative estimate of drug-likeness (QED) is 0.0942. The van der Waals surface area contributed by atoms with Crippen LogP contribution in [0.5, 0.6) is 0 Å². The number of rotatable bonds is 8. The van der Waals surface area contributed by atoms with Crippen LogP contribution < -0.4 is 41.8 Å². The third-order valence-corrected chi connectivity index (χ3v) is 17.5. The van der Waals surface area contributed by atoms with Crippen LogP contribution in [0.1, 0.15) is 38.6 Å². The van der Waals surface area contributed by atoms with E-state index in [0.717, 1.165) is 32.7 Å². The number of aromatic nitrogens is 2. The molecular weight excluding hydrogens is 815 g/mol. The number of fused-ring (bicyclic) bond motifs is 6. The Morgan fingerprint density at radius 2 is 1.11 bits per heavy atom. The van der Waals surface area contributed by atoms with Gasteiger partial charge in [0.25, 0.3) is 5.91 Å². The molecule has 3 atom stereocenters. The number of nitrogens with zero attached hydrogens (tertiary/aromatic N) is 3. The Kier molecular flexibility index (Phi) is 10.2. The fraction of sp³-hybridized carbons (Fsp3) is 0.0926. The third-order valence-electron chi connectivity index (χ3n) is 12.7. The van der Waals surface area contributed by atoms with E-state index in [1.165, 1.54) is 26.5 Å². The van der Waals surface area contributed by atoms with Crippen molar-refractivity contribution < 1.29 is 9.59 Å². The first-order chi connectivity index (χ1) is 31.0. The van der Waals surface area contributed by atoms with E-state index in [1.54, 1.807) is 35.0 Å². The lowest BCUT2D eigenvalue weighted by Gasteiger charge is -2.44. The summed E-state index contributed by atoms with van der Waals surface area (Å²) in [6.45, 7) is 1.30. The second-order valence-electron chi connectivity index (χ2n) is 16.2. The molecule has 0 aliphatic carbocycles. The molecule has 306 valence electrons. The van der Waals surface area contributed by atoms with Crippen molar-refractivity contribution in [2.45, 2.75) is 18.4 Å². The smallest absolute Gasteiger partial charge is 0.351 e. The molecule has 2 aliphatic heterocycles. The Labute approximate surface area is 368 Å². The molecule has 63 heavy (non-hydrogen) atoms. The van der Waals surface area contributed by atoms with Gasteiger partial charge in [0.05, 0.1) is 22.5 Å². The van der Waals surface area contributed by atoms with Crippen molar-refractivity contribution >= 4 is 87.0 Å². The zero-order valence-electron chi connectivity index (χ0n) is 34.3. The normalized spacial score (nSPS) is 18.1. The summed E-state index contributed by atoms with van der Waals surface area (Å²) in [6, 6.07) is 62.8. The van der Waals surface area contributed by atoms with Crippen LogP contribution in [0.15, 0.2) is 200 Å². The van der Waals surface area contributed by atoms with Crippen molar-refractivity contribution in [3.8, 4) is 0 Å². The van der Waals surface area contributed by atoms with Gasteiger partial charge in [-0.25, -0.2) is 4.79 Å². The van der Waals surface area contributed by atoms with Gasteiger partial charge in [0.1, 0.15) is 11.7 Å². The topological polar surface area (TPSA) is 87.0 Å². The highest BCUT2D eigenvalue weighted by molar-refractivity contribution is 7.80. The van der Waals surface area contributed by atoms with Gasteiger partial charge in [-0.1, -0.05) is 127 Å². The number of hydrogen-bond acceptors (Lipinski definition) is 5. The molecule has 0 bridgehead atoms. The van der Waals surface area contributed by atoms with Gasteiger partial charge in [-0.05, 0) is 102 Å². The predicted molar refractivity (Wildman–Crippen MR) is 261 cm³/mol. The first kappa shape index (κ1) is 39.4. The lowest BCUT2D eigenvalue weighted by Crippen LogP contribution is -2.58. The minimum absolute atomic E-state index is 0.110. The fourth-order valence-corrected chi connectivity index (χ4v) is 14.5. The minimum Gasteiger partial charge on any atom is -0.619 e. The molecule has 9 aromatic rings. The van der Waals surface area contributed by atoms with Crippen LogP contribution in [0.4, 0.5) is 5.69 Å². The summed E-state index contributed by atoms with van der Waals surface area (Å²) >= 11 is 0. The number of benzene rings is 7. The standard InChI is InChI=1S/C54H42N4O3P2/c59-53(57-49-27-25-43(33-45(49)47-35-55-31-29-50(47)57)62(39-13-5-1-6-14-39)40-15-7-2-8-16-40)37-21-23-38(24-22-37)54(60)58(61)51-28-26-44(34-46(51)48-36-56-32-30-52(48)58)63(41-17-9-3-10-18-41)42-19-11-4-12-20-42/h1-29,31,33-35,48,52,56H,30,32,36H2. The number of carbonyl (C=O) groups is 2. The third kappa shape index (κ3) is 6.76. The highest BCUT2D eigenvalue weighted by Gasteiger charge is 2.53. The van der Waals surface area contributed by atoms with E-state index in [9.17, 15) is 9.59 Å². The lowest BCUT2D eigenvalue weighted by molar-refractivity contribution is 0.0761. The molecule has 3 unspecified atom stereocenters. The van der Waals surface area contributed by atoms with Crippen molar-refractivity contribution in [1.29, 1.82) is 0 Å². The molecule has 9 heteroatoms. The van der Waals surface area contributed by atoms with Crippen LogP contribution in [-0.2, 0) is 0 Å². The molecule has 0 radical (unpaired) electrons. The molecular formula is C54H42N4O3P2. The van der Waals surface area contributed by atoms with Gasteiger partial charge in [-0.2, -0.15) is 0 Å². The Hall–Kier alpha value is -6.43. The summed E-state index contributed by atoms with van der Waals surface area (Å²) in [7, 11) is -1.76. The van der Waals surface area contributed by atoms with E-state index in [1.807, 2.05) is 48.7 Å². The zero-order chi connectivity index (χ0) is 42.5. The van der Waals surface area contributed by atoms with E-state index in [4.69, 9.17) is 0 Å². The second-order valence-corrected chi connectivity index (χ2v) is 20.6. The van der Waals surface area contributed by atoms with E-state index >= 15 is 5.21 Å². The molecule has 7 nitrogen and oxygen atoms in total. The van der Waals surface area contributed by atoms with E-state index in [2.05, 4.69) is 132 Å². The van der Waals surface area contributed by atoms with Crippen molar-refractivity contribution in [3.63, 3.8) is 0 Å². The summed E-state index contributed by atoms with van der Waals surface area (Å²) in [5.74, 6) is -0.839. The monoisotopic (exact) mass is 856 g/mol. The largest absolute Gasteiger partial charge is 0.619 e. The van der Waals surface area contributed by atoms with Crippen molar-refractivity contribution in [3.05, 3.63) is 222 Å². The van der Waals surface area contributed by atoms with Crippen LogP contribution in [-0.4, -0.2) is 40.5 Å². The summed E-state index contributed by atoms with van der Waals surface area (Å²) in [5.41, 5.74) is 3.70. The maximum Gasteiger partial charge on any atom is 0.351 e. The molecule has 1 fully saturated rings. The molecule has 2 aromatic heterocycles. The first-order valence-electron chi connectivity index (χ1n) is 21.3. The number of piperidine rings is 1. The lowest BCUT2D eigenvalue weighted by atomic mass is 9.90. The van der Waals surface area contributed by atoms with Crippen molar-refractivity contribution in [2.75, 3.05) is 13.1 Å². The number of hydrogen-bond donors (Lipinski definition) is 1. The summed E-state index contributed by atoms with van der Waals surface area (Å²) in [5, 5.41) is 28.1. The van der Waals surface area contributed by atoms with Gasteiger partial charge in [0, 0.05) is 59.9 Å². The Morgan fingerprint density at radius 3 is 1.70 bits per heavy atom. The Balaban J connectivity index is 0.938. The van der Waals surface area contributed by atoms with Crippen LogP contribution in [0, 0.1) is 5.21 Å². The van der Waals surface area contributed by atoms with E-state index < -0.39 is 32.4 Å². The fourth-order valence-electron chi connectivity index (χ4n) is 9.81. The number of carbonyl (C=O) groups excluding carboxylic acids is 2. The number of quaternary nitrogens is 1. The molecule has 11 rings (SSSR count). The van der Waals surface area contributed by atoms with Gasteiger partial charge in [0.15, 0.2) is 0 Å². The van der Waals surface area contributed by atoms with Gasteiger partial charge >= 0.3 is 5.91 Å². The molecule has 7 aromatic carbocycles. The van der Waals surface area contributed by atoms with Gasteiger partial charge in [0.2, 0.25) is 0 Å². The highest BCUT2D eigenvalue weighted by Crippen LogP contribution is 2.50. The van der Waals surface area contributed by atoms with Gasteiger partial charge in [-0.15, -0.1) is 0 Å².